The van der Waals surface area contributed by atoms with Crippen LogP contribution in [0.3, 0.4) is 0 Å². The van der Waals surface area contributed by atoms with E-state index in [2.05, 4.69) is 4.74 Å². The first-order chi connectivity index (χ1) is 6.15. The molecule has 0 N–H and O–H groups in total. The van der Waals surface area contributed by atoms with Crippen LogP contribution in [0.2, 0.25) is 0 Å². The number of rotatable bonds is 5. The van der Waals surface area contributed by atoms with Gasteiger partial charge in [-0.1, -0.05) is 6.92 Å². The molecule has 0 rings (SSSR count). The summed E-state index contributed by atoms with van der Waals surface area (Å²) < 4.78 is 9.26. The summed E-state index contributed by atoms with van der Waals surface area (Å²) in [5.41, 5.74) is 0. The van der Waals surface area contributed by atoms with Crippen molar-refractivity contribution < 1.29 is 19.1 Å². The van der Waals surface area contributed by atoms with Crippen molar-refractivity contribution in [1.29, 1.82) is 0 Å². The third-order valence-electron chi connectivity index (χ3n) is 1.75. The summed E-state index contributed by atoms with van der Waals surface area (Å²) in [6.07, 6.45) is 0.697. The zero-order valence-electron chi connectivity index (χ0n) is 8.33. The number of ether oxygens (including phenoxy) is 2. The van der Waals surface area contributed by atoms with Crippen molar-refractivity contribution in [2.45, 2.75) is 26.7 Å². The summed E-state index contributed by atoms with van der Waals surface area (Å²) in [7, 11) is 1.32. The third-order valence-corrected chi connectivity index (χ3v) is 1.75. The molecule has 0 bridgehead atoms. The van der Waals surface area contributed by atoms with Gasteiger partial charge in [0.15, 0.2) is 0 Å². The largest absolute Gasteiger partial charge is 0.469 e. The average Bonchev–Trinajstić information content (AvgIpc) is 2.13. The van der Waals surface area contributed by atoms with Gasteiger partial charge < -0.3 is 9.47 Å². The van der Waals surface area contributed by atoms with E-state index in [0.29, 0.717) is 13.0 Å². The number of methoxy groups -OCH3 is 1. The molecule has 0 aromatic rings. The van der Waals surface area contributed by atoms with Crippen LogP contribution < -0.4 is 0 Å². The van der Waals surface area contributed by atoms with E-state index in [1.54, 1.807) is 6.92 Å². The Hall–Kier alpha value is -1.06. The first-order valence-electron chi connectivity index (χ1n) is 4.39. The average molecular weight is 188 g/mol. The van der Waals surface area contributed by atoms with E-state index in [1.807, 2.05) is 6.92 Å². The maximum Gasteiger partial charge on any atom is 0.309 e. The van der Waals surface area contributed by atoms with Crippen LogP contribution in [0, 0.1) is 5.92 Å². The van der Waals surface area contributed by atoms with Gasteiger partial charge >= 0.3 is 11.9 Å². The second-order valence-electron chi connectivity index (χ2n) is 2.64. The Morgan fingerprint density at radius 2 is 1.92 bits per heavy atom. The molecule has 1 atom stereocenters. The minimum atomic E-state index is -0.371. The number of carbonyl (C=O) groups excluding carboxylic acids is 2. The molecule has 0 aromatic heterocycles. The van der Waals surface area contributed by atoms with Gasteiger partial charge in [0, 0.05) is 0 Å². The van der Waals surface area contributed by atoms with E-state index in [-0.39, 0.29) is 24.3 Å². The Labute approximate surface area is 78.2 Å². The van der Waals surface area contributed by atoms with Gasteiger partial charge in [-0.2, -0.15) is 0 Å². The highest BCUT2D eigenvalue weighted by Gasteiger charge is 2.20. The SMILES string of the molecule is CCOC(=O)CC(CC)C(=O)OC. The lowest BCUT2D eigenvalue weighted by atomic mass is 10.0. The van der Waals surface area contributed by atoms with Gasteiger partial charge in [-0.05, 0) is 13.3 Å². The summed E-state index contributed by atoms with van der Waals surface area (Å²) in [6.45, 7) is 3.91. The number of carbonyl (C=O) groups is 2. The van der Waals surface area contributed by atoms with Gasteiger partial charge in [0.1, 0.15) is 0 Å². The first-order valence-corrected chi connectivity index (χ1v) is 4.39. The van der Waals surface area contributed by atoms with Crippen molar-refractivity contribution in [2.75, 3.05) is 13.7 Å². The number of esters is 2. The highest BCUT2D eigenvalue weighted by atomic mass is 16.5. The first kappa shape index (κ1) is 11.9. The van der Waals surface area contributed by atoms with Crippen molar-refractivity contribution in [3.8, 4) is 0 Å². The van der Waals surface area contributed by atoms with E-state index < -0.39 is 0 Å². The second-order valence-corrected chi connectivity index (χ2v) is 2.64. The number of hydrogen-bond acceptors (Lipinski definition) is 4. The Bertz CT molecular complexity index is 176. The maximum absolute atomic E-state index is 11.1. The van der Waals surface area contributed by atoms with E-state index in [1.165, 1.54) is 7.11 Å². The highest BCUT2D eigenvalue weighted by Crippen LogP contribution is 2.10. The summed E-state index contributed by atoms with van der Waals surface area (Å²) in [4.78, 5) is 22.1. The van der Waals surface area contributed by atoms with Crippen LogP contribution in [0.1, 0.15) is 26.7 Å². The molecule has 4 heteroatoms. The standard InChI is InChI=1S/C9H16O4/c1-4-7(9(11)12-3)6-8(10)13-5-2/h7H,4-6H2,1-3H3. The Kier molecular flexibility index (Phi) is 5.93. The fourth-order valence-electron chi connectivity index (χ4n) is 0.982. The smallest absolute Gasteiger partial charge is 0.309 e. The molecule has 0 heterocycles. The van der Waals surface area contributed by atoms with Crippen LogP contribution >= 0.6 is 0 Å². The zero-order chi connectivity index (χ0) is 10.3. The minimum Gasteiger partial charge on any atom is -0.469 e. The molecule has 13 heavy (non-hydrogen) atoms. The van der Waals surface area contributed by atoms with Gasteiger partial charge in [0.05, 0.1) is 26.1 Å². The van der Waals surface area contributed by atoms with E-state index in [9.17, 15) is 9.59 Å². The quantitative estimate of drug-likeness (QED) is 0.607. The van der Waals surface area contributed by atoms with Crippen LogP contribution in [0.4, 0.5) is 0 Å². The maximum atomic E-state index is 11.1. The Balaban J connectivity index is 3.97. The molecule has 76 valence electrons. The molecule has 1 unspecified atom stereocenters. The van der Waals surface area contributed by atoms with Gasteiger partial charge in [0.25, 0.3) is 0 Å². The summed E-state index contributed by atoms with van der Waals surface area (Å²) in [5, 5.41) is 0. The molecular weight excluding hydrogens is 172 g/mol. The van der Waals surface area contributed by atoms with E-state index in [0.717, 1.165) is 0 Å². The molecular formula is C9H16O4. The molecule has 0 fully saturated rings. The molecule has 0 aromatic carbocycles. The molecule has 0 aliphatic rings. The summed E-state index contributed by atoms with van der Waals surface area (Å²) in [6, 6.07) is 0. The van der Waals surface area contributed by atoms with Gasteiger partial charge in [-0.15, -0.1) is 0 Å². The minimum absolute atomic E-state index is 0.108. The van der Waals surface area contributed by atoms with Crippen molar-refractivity contribution >= 4 is 11.9 Å². The molecule has 0 saturated carbocycles. The summed E-state index contributed by atoms with van der Waals surface area (Å²) >= 11 is 0. The van der Waals surface area contributed by atoms with Gasteiger partial charge in [0.2, 0.25) is 0 Å². The van der Waals surface area contributed by atoms with Crippen LogP contribution in [0.15, 0.2) is 0 Å². The predicted octanol–water partition coefficient (Wildman–Crippen LogP) is 1.14. The van der Waals surface area contributed by atoms with Crippen LogP contribution in [0.5, 0.6) is 0 Å². The van der Waals surface area contributed by atoms with Crippen LogP contribution in [-0.2, 0) is 19.1 Å². The van der Waals surface area contributed by atoms with Crippen LogP contribution in [-0.4, -0.2) is 25.7 Å². The lowest BCUT2D eigenvalue weighted by Gasteiger charge is -2.10. The van der Waals surface area contributed by atoms with Crippen molar-refractivity contribution in [3.63, 3.8) is 0 Å². The lowest BCUT2D eigenvalue weighted by molar-refractivity contribution is -0.153. The fraction of sp³-hybridized carbons (Fsp3) is 0.778. The second kappa shape index (κ2) is 6.46. The third kappa shape index (κ3) is 4.50. The molecule has 0 radical (unpaired) electrons. The molecule has 0 aliphatic heterocycles. The van der Waals surface area contributed by atoms with Crippen molar-refractivity contribution in [3.05, 3.63) is 0 Å². The molecule has 0 aliphatic carbocycles. The topological polar surface area (TPSA) is 52.6 Å². The number of hydrogen-bond donors (Lipinski definition) is 0. The predicted molar refractivity (Wildman–Crippen MR) is 47.0 cm³/mol. The Morgan fingerprint density at radius 3 is 2.31 bits per heavy atom. The summed E-state index contributed by atoms with van der Waals surface area (Å²) in [5.74, 6) is -1.07. The molecule has 0 amide bonds. The zero-order valence-corrected chi connectivity index (χ0v) is 8.33. The molecule has 4 nitrogen and oxygen atoms in total. The monoisotopic (exact) mass is 188 g/mol. The normalized spacial score (nSPS) is 11.9. The van der Waals surface area contributed by atoms with Gasteiger partial charge in [-0.25, -0.2) is 0 Å². The van der Waals surface area contributed by atoms with Gasteiger partial charge in [-0.3, -0.25) is 9.59 Å². The van der Waals surface area contributed by atoms with Crippen LogP contribution in [0.25, 0.3) is 0 Å². The Morgan fingerprint density at radius 1 is 1.31 bits per heavy atom. The lowest BCUT2D eigenvalue weighted by Crippen LogP contribution is -2.20. The van der Waals surface area contributed by atoms with E-state index >= 15 is 0 Å². The molecule has 0 spiro atoms. The van der Waals surface area contributed by atoms with E-state index in [4.69, 9.17) is 4.74 Å². The fourth-order valence-corrected chi connectivity index (χ4v) is 0.982. The molecule has 0 saturated heterocycles. The highest BCUT2D eigenvalue weighted by molar-refractivity contribution is 5.79. The van der Waals surface area contributed by atoms with Crippen molar-refractivity contribution in [1.82, 2.24) is 0 Å². The van der Waals surface area contributed by atoms with Crippen molar-refractivity contribution in [2.24, 2.45) is 5.92 Å².